The molecule has 1 saturated heterocycles. The van der Waals surface area contributed by atoms with Gasteiger partial charge in [0.05, 0.1) is 0 Å². The second-order valence-corrected chi connectivity index (χ2v) is 4.57. The van der Waals surface area contributed by atoms with Gasteiger partial charge in [0.25, 0.3) is 0 Å². The first kappa shape index (κ1) is 10.7. The second kappa shape index (κ2) is 4.75. The number of ketones is 1. The molecule has 2 nitrogen and oxygen atoms in total. The zero-order valence-corrected chi connectivity index (χ0v) is 9.05. The van der Waals surface area contributed by atoms with Crippen LogP contribution in [0.25, 0.3) is 0 Å². The number of piperidine rings is 1. The molecule has 0 aromatic carbocycles. The average Bonchev–Trinajstić information content (AvgIpc) is 2.08. The van der Waals surface area contributed by atoms with E-state index in [9.17, 15) is 4.79 Å². The molecule has 0 bridgehead atoms. The minimum atomic E-state index is 0.222. The normalized spacial score (nSPS) is 20.9. The van der Waals surface area contributed by atoms with Crippen molar-refractivity contribution >= 4 is 5.78 Å². The molecule has 1 heterocycles. The van der Waals surface area contributed by atoms with E-state index in [0.29, 0.717) is 11.7 Å². The summed E-state index contributed by atoms with van der Waals surface area (Å²) in [6, 6.07) is 0. The molecule has 0 aromatic heterocycles. The van der Waals surface area contributed by atoms with Crippen LogP contribution in [-0.4, -0.2) is 30.8 Å². The van der Waals surface area contributed by atoms with Crippen LogP contribution >= 0.6 is 0 Å². The van der Waals surface area contributed by atoms with Gasteiger partial charge in [0, 0.05) is 12.3 Å². The van der Waals surface area contributed by atoms with Gasteiger partial charge in [-0.15, -0.1) is 0 Å². The van der Waals surface area contributed by atoms with E-state index in [1.54, 1.807) is 0 Å². The second-order valence-electron chi connectivity index (χ2n) is 4.57. The van der Waals surface area contributed by atoms with Crippen molar-refractivity contribution in [3.8, 4) is 0 Å². The summed E-state index contributed by atoms with van der Waals surface area (Å²) in [7, 11) is 2.15. The number of nitrogens with zero attached hydrogens (tertiary/aromatic N) is 1. The minimum Gasteiger partial charge on any atom is -0.306 e. The van der Waals surface area contributed by atoms with Crippen LogP contribution in [0.5, 0.6) is 0 Å². The predicted octanol–water partition coefficient (Wildman–Crippen LogP) is 1.94. The van der Waals surface area contributed by atoms with Gasteiger partial charge < -0.3 is 4.90 Å². The van der Waals surface area contributed by atoms with Gasteiger partial charge in [-0.3, -0.25) is 4.79 Å². The largest absolute Gasteiger partial charge is 0.306 e. The van der Waals surface area contributed by atoms with E-state index in [1.807, 2.05) is 13.8 Å². The highest BCUT2D eigenvalue weighted by atomic mass is 16.1. The third-order valence-electron chi connectivity index (χ3n) is 2.97. The summed E-state index contributed by atoms with van der Waals surface area (Å²) < 4.78 is 0. The van der Waals surface area contributed by atoms with E-state index in [0.717, 1.165) is 19.5 Å². The van der Waals surface area contributed by atoms with Gasteiger partial charge in [-0.05, 0) is 38.9 Å². The van der Waals surface area contributed by atoms with Crippen molar-refractivity contribution in [2.45, 2.75) is 33.1 Å². The smallest absolute Gasteiger partial charge is 0.135 e. The molecule has 13 heavy (non-hydrogen) atoms. The summed E-state index contributed by atoms with van der Waals surface area (Å²) in [5.74, 6) is 1.32. The maximum absolute atomic E-state index is 11.5. The van der Waals surface area contributed by atoms with Crippen LogP contribution in [0, 0.1) is 11.8 Å². The van der Waals surface area contributed by atoms with E-state index in [2.05, 4.69) is 11.9 Å². The van der Waals surface area contributed by atoms with Crippen LogP contribution in [-0.2, 0) is 4.79 Å². The van der Waals surface area contributed by atoms with Crippen LogP contribution in [0.1, 0.15) is 33.1 Å². The number of hydrogen-bond acceptors (Lipinski definition) is 2. The van der Waals surface area contributed by atoms with E-state index >= 15 is 0 Å². The fraction of sp³-hybridized carbons (Fsp3) is 0.909. The van der Waals surface area contributed by atoms with Crippen LogP contribution < -0.4 is 0 Å². The van der Waals surface area contributed by atoms with Gasteiger partial charge in [0.2, 0.25) is 0 Å². The lowest BCUT2D eigenvalue weighted by molar-refractivity contribution is -0.123. The Morgan fingerprint density at radius 3 is 2.38 bits per heavy atom. The number of Topliss-reactive ketones (excluding diaryl/α,β-unsaturated/α-hetero) is 1. The van der Waals surface area contributed by atoms with Gasteiger partial charge in [-0.25, -0.2) is 0 Å². The first-order chi connectivity index (χ1) is 6.09. The molecule has 0 atom stereocenters. The highest BCUT2D eigenvalue weighted by molar-refractivity contribution is 5.80. The maximum atomic E-state index is 11.5. The molecule has 2 heteroatoms. The van der Waals surface area contributed by atoms with Gasteiger partial charge in [0.1, 0.15) is 5.78 Å². The van der Waals surface area contributed by atoms with Crippen molar-refractivity contribution in [3.05, 3.63) is 0 Å². The van der Waals surface area contributed by atoms with Crippen molar-refractivity contribution in [3.63, 3.8) is 0 Å². The fourth-order valence-corrected chi connectivity index (χ4v) is 1.79. The molecule has 0 aromatic rings. The third kappa shape index (κ3) is 3.47. The lowest BCUT2D eigenvalue weighted by atomic mass is 9.89. The van der Waals surface area contributed by atoms with E-state index in [1.165, 1.54) is 12.8 Å². The van der Waals surface area contributed by atoms with Crippen LogP contribution in [0.3, 0.4) is 0 Å². The Labute approximate surface area is 81.3 Å². The standard InChI is InChI=1S/C11H21NO/c1-9(2)11(13)8-10-4-6-12(3)7-5-10/h9-10H,4-8H2,1-3H3. The van der Waals surface area contributed by atoms with Crippen molar-refractivity contribution in [1.82, 2.24) is 4.90 Å². The van der Waals surface area contributed by atoms with Crippen molar-refractivity contribution in [1.29, 1.82) is 0 Å². The molecule has 1 fully saturated rings. The van der Waals surface area contributed by atoms with Crippen molar-refractivity contribution in [2.24, 2.45) is 11.8 Å². The summed E-state index contributed by atoms with van der Waals surface area (Å²) in [5.41, 5.74) is 0. The molecule has 1 aliphatic rings. The molecule has 76 valence electrons. The van der Waals surface area contributed by atoms with Gasteiger partial charge in [0.15, 0.2) is 0 Å². The Balaban J connectivity index is 2.26. The van der Waals surface area contributed by atoms with Crippen LogP contribution in [0.2, 0.25) is 0 Å². The third-order valence-corrected chi connectivity index (χ3v) is 2.97. The summed E-state index contributed by atoms with van der Waals surface area (Å²) in [5, 5.41) is 0. The van der Waals surface area contributed by atoms with Gasteiger partial charge in [-0.1, -0.05) is 13.8 Å². The Bertz CT molecular complexity index is 169. The Hall–Kier alpha value is -0.370. The van der Waals surface area contributed by atoms with Crippen molar-refractivity contribution < 1.29 is 4.79 Å². The molecule has 0 aliphatic carbocycles. The van der Waals surface area contributed by atoms with Crippen LogP contribution in [0.15, 0.2) is 0 Å². The molecular weight excluding hydrogens is 162 g/mol. The van der Waals surface area contributed by atoms with Gasteiger partial charge in [-0.2, -0.15) is 0 Å². The highest BCUT2D eigenvalue weighted by Gasteiger charge is 2.20. The zero-order valence-electron chi connectivity index (χ0n) is 9.05. The topological polar surface area (TPSA) is 20.3 Å². The fourth-order valence-electron chi connectivity index (χ4n) is 1.79. The van der Waals surface area contributed by atoms with Crippen molar-refractivity contribution in [2.75, 3.05) is 20.1 Å². The molecule has 0 amide bonds. The lowest BCUT2D eigenvalue weighted by Gasteiger charge is -2.28. The van der Waals surface area contributed by atoms with E-state index < -0.39 is 0 Å². The Morgan fingerprint density at radius 2 is 1.92 bits per heavy atom. The number of rotatable bonds is 3. The van der Waals surface area contributed by atoms with E-state index in [-0.39, 0.29) is 5.92 Å². The summed E-state index contributed by atoms with van der Waals surface area (Å²) in [4.78, 5) is 13.8. The number of carbonyl (C=O) groups excluding carboxylic acids is 1. The molecule has 1 rings (SSSR count). The molecule has 0 unspecified atom stereocenters. The molecular formula is C11H21NO. The molecule has 0 N–H and O–H groups in total. The molecule has 1 aliphatic heterocycles. The summed E-state index contributed by atoms with van der Waals surface area (Å²) in [6.07, 6.45) is 3.22. The lowest BCUT2D eigenvalue weighted by Crippen LogP contribution is -2.31. The summed E-state index contributed by atoms with van der Waals surface area (Å²) >= 11 is 0. The minimum absolute atomic E-state index is 0.222. The number of likely N-dealkylation sites (tertiary alicyclic amines) is 1. The Morgan fingerprint density at radius 1 is 1.38 bits per heavy atom. The quantitative estimate of drug-likeness (QED) is 0.666. The highest BCUT2D eigenvalue weighted by Crippen LogP contribution is 2.21. The van der Waals surface area contributed by atoms with Crippen LogP contribution in [0.4, 0.5) is 0 Å². The summed E-state index contributed by atoms with van der Waals surface area (Å²) in [6.45, 7) is 6.32. The number of hydrogen-bond donors (Lipinski definition) is 0. The first-order valence-electron chi connectivity index (χ1n) is 5.31. The Kier molecular flexibility index (Phi) is 3.91. The monoisotopic (exact) mass is 183 g/mol. The zero-order chi connectivity index (χ0) is 9.84. The predicted molar refractivity (Wildman–Crippen MR) is 54.7 cm³/mol. The molecule has 0 saturated carbocycles. The van der Waals surface area contributed by atoms with Gasteiger partial charge >= 0.3 is 0 Å². The maximum Gasteiger partial charge on any atom is 0.135 e. The first-order valence-corrected chi connectivity index (χ1v) is 5.31. The average molecular weight is 183 g/mol. The number of carbonyl (C=O) groups is 1. The SMILES string of the molecule is CC(C)C(=O)CC1CCN(C)CC1. The molecule has 0 spiro atoms. The molecule has 0 radical (unpaired) electrons. The van der Waals surface area contributed by atoms with E-state index in [4.69, 9.17) is 0 Å².